The number of hydrogen-bond acceptors (Lipinski definition) is 8. The largest absolute Gasteiger partial charge is 0.493 e. The summed E-state index contributed by atoms with van der Waals surface area (Å²) in [6, 6.07) is 2.44. The minimum atomic E-state index is -1.34. The molecule has 9 nitrogen and oxygen atoms in total. The number of likely N-dealkylation sites (N-methyl/N-ethyl adjacent to an activating group) is 1. The maximum atomic E-state index is 12.4. The Morgan fingerprint density at radius 2 is 2.19 bits per heavy atom. The molecule has 0 aromatic heterocycles. The summed E-state index contributed by atoms with van der Waals surface area (Å²) in [5.41, 5.74) is 5.65. The van der Waals surface area contributed by atoms with Crippen molar-refractivity contribution < 1.29 is 34.0 Å². The molecule has 1 fully saturated rings. The molecule has 2 bridgehead atoms. The van der Waals surface area contributed by atoms with E-state index in [9.17, 15) is 14.7 Å². The summed E-state index contributed by atoms with van der Waals surface area (Å²) in [6.45, 7) is 0.758. The molecule has 0 amide bonds. The van der Waals surface area contributed by atoms with Crippen LogP contribution >= 0.6 is 0 Å². The summed E-state index contributed by atoms with van der Waals surface area (Å²) in [7, 11) is 3.58. The molecule has 2 aliphatic carbocycles. The van der Waals surface area contributed by atoms with E-state index in [0.29, 0.717) is 36.5 Å². The van der Waals surface area contributed by atoms with Crippen LogP contribution in [0.3, 0.4) is 0 Å². The molecular formula is C22H26N2O7. The summed E-state index contributed by atoms with van der Waals surface area (Å²) >= 11 is 0. The first-order valence-corrected chi connectivity index (χ1v) is 10.4. The van der Waals surface area contributed by atoms with Crippen molar-refractivity contribution in [1.82, 2.24) is 4.90 Å². The van der Waals surface area contributed by atoms with Gasteiger partial charge in [0, 0.05) is 18.0 Å². The lowest BCUT2D eigenvalue weighted by molar-refractivity contribution is -0.169. The smallest absolute Gasteiger partial charge is 0.321 e. The van der Waals surface area contributed by atoms with E-state index in [0.717, 1.165) is 17.7 Å². The zero-order chi connectivity index (χ0) is 22.1. The number of nitrogens with two attached hydrogens (primary N) is 1. The number of methoxy groups -OCH3 is 1. The predicted molar refractivity (Wildman–Crippen MR) is 108 cm³/mol. The Kier molecular flexibility index (Phi) is 4.38. The third-order valence-corrected chi connectivity index (χ3v) is 7.49. The molecule has 1 spiro atoms. The molecular weight excluding hydrogens is 404 g/mol. The van der Waals surface area contributed by atoms with Gasteiger partial charge in [0.25, 0.3) is 0 Å². The van der Waals surface area contributed by atoms with E-state index in [1.807, 2.05) is 19.2 Å². The molecule has 2 heterocycles. The quantitative estimate of drug-likeness (QED) is 0.565. The number of hydrogen-bond donors (Lipinski definition) is 3. The third-order valence-electron chi connectivity index (χ3n) is 7.49. The van der Waals surface area contributed by atoms with Crippen LogP contribution in [0.15, 0.2) is 24.0 Å². The van der Waals surface area contributed by atoms with Crippen LogP contribution in [-0.2, 0) is 26.2 Å². The number of carboxylic acids is 1. The van der Waals surface area contributed by atoms with Gasteiger partial charge in [0.05, 0.1) is 24.5 Å². The topological polar surface area (TPSA) is 132 Å². The molecule has 1 aromatic rings. The van der Waals surface area contributed by atoms with Crippen molar-refractivity contribution in [3.63, 3.8) is 0 Å². The van der Waals surface area contributed by atoms with Gasteiger partial charge in [0.15, 0.2) is 17.6 Å². The Labute approximate surface area is 179 Å². The van der Waals surface area contributed by atoms with Crippen molar-refractivity contribution in [2.75, 3.05) is 20.7 Å². The standard InChI is InChI=1S/C22H26N2O7/c1-24-8-7-21-17-11-3-4-13(29-2)18(17)31-19(21)14(5-6-22(21,28)15(24)9-11)30-16(25)10-12(23)20(26)27/h3-5,12,15,19,28H,6-10,23H2,1-2H3,(H,26,27)/t12?,15-,19+,21+,22-/m1/s1. The molecule has 1 saturated heterocycles. The predicted octanol–water partition coefficient (Wildman–Crippen LogP) is 0.318. The van der Waals surface area contributed by atoms with Crippen LogP contribution in [0, 0.1) is 0 Å². The molecule has 0 saturated carbocycles. The van der Waals surface area contributed by atoms with Crippen molar-refractivity contribution >= 4 is 11.9 Å². The molecule has 2 aliphatic heterocycles. The van der Waals surface area contributed by atoms with Gasteiger partial charge in [-0.3, -0.25) is 9.59 Å². The molecule has 166 valence electrons. The molecule has 5 atom stereocenters. The Morgan fingerprint density at radius 1 is 1.42 bits per heavy atom. The second-order valence-corrected chi connectivity index (χ2v) is 8.91. The van der Waals surface area contributed by atoms with Crippen molar-refractivity contribution in [2.45, 2.75) is 54.9 Å². The average Bonchev–Trinajstić information content (AvgIpc) is 3.08. The monoisotopic (exact) mass is 430 g/mol. The van der Waals surface area contributed by atoms with E-state index in [1.165, 1.54) is 0 Å². The number of aliphatic carboxylic acids is 1. The second kappa shape index (κ2) is 6.69. The molecule has 0 radical (unpaired) electrons. The Balaban J connectivity index is 1.59. The molecule has 4 aliphatic rings. The normalized spacial score (nSPS) is 33.6. The van der Waals surface area contributed by atoms with Crippen molar-refractivity contribution in [1.29, 1.82) is 0 Å². The van der Waals surface area contributed by atoms with Crippen LogP contribution in [0.2, 0.25) is 0 Å². The van der Waals surface area contributed by atoms with Crippen LogP contribution in [-0.4, -0.2) is 71.5 Å². The summed E-state index contributed by atoms with van der Waals surface area (Å²) in [5.74, 6) is -0.568. The molecule has 31 heavy (non-hydrogen) atoms. The number of piperidine rings is 1. The molecule has 5 rings (SSSR count). The molecule has 1 aromatic carbocycles. The van der Waals surface area contributed by atoms with Crippen molar-refractivity contribution in [3.05, 3.63) is 35.1 Å². The van der Waals surface area contributed by atoms with Gasteiger partial charge in [-0.2, -0.15) is 0 Å². The average molecular weight is 430 g/mol. The van der Waals surface area contributed by atoms with Gasteiger partial charge in [0.2, 0.25) is 0 Å². The Morgan fingerprint density at radius 3 is 2.90 bits per heavy atom. The molecule has 4 N–H and O–H groups in total. The Hall–Kier alpha value is -2.62. The number of rotatable bonds is 5. The number of carbonyl (C=O) groups excluding carboxylic acids is 1. The first-order valence-electron chi connectivity index (χ1n) is 10.4. The van der Waals surface area contributed by atoms with Gasteiger partial charge >= 0.3 is 11.9 Å². The number of ether oxygens (including phenoxy) is 3. The SMILES string of the molecule is COc1ccc2c3c1O[C@H]1C(OC(=O)CC(N)C(=O)O)=CC[C@@]4(O)[C@@H](C2)N(C)CC[C@]314. The van der Waals surface area contributed by atoms with Crippen LogP contribution in [0.5, 0.6) is 11.5 Å². The van der Waals surface area contributed by atoms with Gasteiger partial charge < -0.3 is 35.1 Å². The first kappa shape index (κ1) is 20.3. The second-order valence-electron chi connectivity index (χ2n) is 8.91. The van der Waals surface area contributed by atoms with E-state index in [-0.39, 0.29) is 6.04 Å². The Bertz CT molecular complexity index is 1010. The van der Waals surface area contributed by atoms with Gasteiger partial charge in [0.1, 0.15) is 11.8 Å². The highest BCUT2D eigenvalue weighted by Gasteiger charge is 2.72. The van der Waals surface area contributed by atoms with Gasteiger partial charge in [-0.05, 0) is 44.1 Å². The first-order chi connectivity index (χ1) is 14.7. The lowest BCUT2D eigenvalue weighted by atomic mass is 9.50. The van der Waals surface area contributed by atoms with Gasteiger partial charge in [-0.15, -0.1) is 0 Å². The van der Waals surface area contributed by atoms with E-state index in [1.54, 1.807) is 13.2 Å². The molecule has 1 unspecified atom stereocenters. The van der Waals surface area contributed by atoms with E-state index in [4.69, 9.17) is 25.1 Å². The van der Waals surface area contributed by atoms with Crippen LogP contribution in [0.25, 0.3) is 0 Å². The van der Waals surface area contributed by atoms with Gasteiger partial charge in [-0.25, -0.2) is 0 Å². The van der Waals surface area contributed by atoms with E-state index < -0.39 is 41.5 Å². The lowest BCUT2D eigenvalue weighted by Crippen LogP contribution is -2.74. The fraction of sp³-hybridized carbons (Fsp3) is 0.545. The highest BCUT2D eigenvalue weighted by atomic mass is 16.6. The maximum Gasteiger partial charge on any atom is 0.321 e. The zero-order valence-electron chi connectivity index (χ0n) is 17.5. The van der Waals surface area contributed by atoms with Crippen LogP contribution < -0.4 is 15.2 Å². The van der Waals surface area contributed by atoms with Crippen molar-refractivity contribution in [2.24, 2.45) is 5.73 Å². The van der Waals surface area contributed by atoms with E-state index in [2.05, 4.69) is 4.90 Å². The number of esters is 1. The highest BCUT2D eigenvalue weighted by molar-refractivity contribution is 5.81. The number of aliphatic hydroxyl groups is 1. The number of carbonyl (C=O) groups is 2. The summed E-state index contributed by atoms with van der Waals surface area (Å²) in [6.07, 6.45) is 2.14. The fourth-order valence-corrected chi connectivity index (χ4v) is 6.03. The van der Waals surface area contributed by atoms with Gasteiger partial charge in [-0.1, -0.05) is 6.07 Å². The minimum absolute atomic E-state index is 0.104. The maximum absolute atomic E-state index is 12.4. The molecule has 9 heteroatoms. The van der Waals surface area contributed by atoms with Crippen molar-refractivity contribution in [3.8, 4) is 11.5 Å². The zero-order valence-corrected chi connectivity index (χ0v) is 17.5. The summed E-state index contributed by atoms with van der Waals surface area (Å²) in [5, 5.41) is 21.1. The number of carboxylic acid groups (broad SMARTS) is 1. The third kappa shape index (κ3) is 2.54. The van der Waals surface area contributed by atoms with E-state index >= 15 is 0 Å². The number of benzene rings is 1. The fourth-order valence-electron chi connectivity index (χ4n) is 6.03. The number of nitrogens with zero attached hydrogens (tertiary/aromatic N) is 1. The van der Waals surface area contributed by atoms with Crippen LogP contribution in [0.4, 0.5) is 0 Å². The van der Waals surface area contributed by atoms with Crippen LogP contribution in [0.1, 0.15) is 30.4 Å². The lowest BCUT2D eigenvalue weighted by Gasteiger charge is -2.61. The number of likely N-dealkylation sites (tertiary alicyclic amines) is 1. The summed E-state index contributed by atoms with van der Waals surface area (Å²) in [4.78, 5) is 25.6. The highest BCUT2D eigenvalue weighted by Crippen LogP contribution is 2.65. The summed E-state index contributed by atoms with van der Waals surface area (Å²) < 4.78 is 17.5. The minimum Gasteiger partial charge on any atom is -0.493 e.